The van der Waals surface area contributed by atoms with E-state index in [1.807, 2.05) is 26.1 Å². The molecule has 0 bridgehead atoms. The largest absolute Gasteiger partial charge is 0.256 e. The molecule has 0 radical (unpaired) electrons. The molecule has 0 saturated carbocycles. The van der Waals surface area contributed by atoms with Crippen molar-refractivity contribution in [2.45, 2.75) is 33.1 Å². The highest BCUT2D eigenvalue weighted by atomic mass is 14.7. The molecule has 0 saturated heterocycles. The molecule has 0 aliphatic heterocycles. The van der Waals surface area contributed by atoms with Crippen LogP contribution in [0.25, 0.3) is 11.3 Å². The summed E-state index contributed by atoms with van der Waals surface area (Å²) in [4.78, 5) is 4.45. The molecule has 0 spiro atoms. The predicted molar refractivity (Wildman–Crippen MR) is 104 cm³/mol. The zero-order chi connectivity index (χ0) is 17.9. The van der Waals surface area contributed by atoms with Gasteiger partial charge in [0.05, 0.1) is 11.6 Å². The smallest absolute Gasteiger partial charge is 0.0704 e. The number of hydrogen-bond donors (Lipinski definition) is 0. The number of rotatable bonds is 5. The Bertz CT molecular complexity index is 805. The maximum Gasteiger partial charge on any atom is 0.0704 e. The van der Waals surface area contributed by atoms with Crippen molar-refractivity contribution in [2.24, 2.45) is 5.92 Å². The van der Waals surface area contributed by atoms with Crippen molar-refractivity contribution in [2.75, 3.05) is 0 Å². The Hall–Kier alpha value is -2.59. The number of terminal acetylenes is 1. The number of allylic oxidation sites excluding steroid dienone is 2. The molecule has 1 aromatic carbocycles. The second-order valence-electron chi connectivity index (χ2n) is 6.72. The number of benzene rings is 1. The molecule has 1 heterocycles. The summed E-state index contributed by atoms with van der Waals surface area (Å²) in [5, 5.41) is 0. The first-order valence-electron chi connectivity index (χ1n) is 8.11. The zero-order valence-electron chi connectivity index (χ0n) is 15.1. The van der Waals surface area contributed by atoms with Crippen LogP contribution in [0.4, 0.5) is 0 Å². The fourth-order valence-corrected chi connectivity index (χ4v) is 3.14. The van der Waals surface area contributed by atoms with Crippen LogP contribution in [-0.4, -0.2) is 4.98 Å². The Morgan fingerprint density at radius 1 is 1.17 bits per heavy atom. The lowest BCUT2D eigenvalue weighted by Gasteiger charge is -2.37. The van der Waals surface area contributed by atoms with Crippen molar-refractivity contribution >= 4 is 0 Å². The number of pyridine rings is 1. The van der Waals surface area contributed by atoms with Crippen LogP contribution >= 0.6 is 0 Å². The Balaban J connectivity index is 2.49. The fraction of sp³-hybridized carbons (Fsp3) is 0.261. The summed E-state index contributed by atoms with van der Waals surface area (Å²) >= 11 is 0. The molecular formula is C23H25N. The second-order valence-corrected chi connectivity index (χ2v) is 6.72. The molecule has 0 aliphatic rings. The van der Waals surface area contributed by atoms with Crippen LogP contribution in [0.15, 0.2) is 66.9 Å². The molecule has 122 valence electrons. The summed E-state index contributed by atoms with van der Waals surface area (Å²) in [5.74, 6) is 2.82. The summed E-state index contributed by atoms with van der Waals surface area (Å²) in [6, 6.07) is 12.5. The number of hydrogen-bond acceptors (Lipinski definition) is 1. The van der Waals surface area contributed by atoms with Crippen molar-refractivity contribution in [1.29, 1.82) is 0 Å². The lowest BCUT2D eigenvalue weighted by Crippen LogP contribution is -2.33. The molecule has 24 heavy (non-hydrogen) atoms. The van der Waals surface area contributed by atoms with Gasteiger partial charge in [-0.25, -0.2) is 0 Å². The van der Waals surface area contributed by atoms with Crippen molar-refractivity contribution < 1.29 is 0 Å². The maximum absolute atomic E-state index is 5.81. The first-order chi connectivity index (χ1) is 11.3. The normalized spacial score (nSPS) is 14.3. The van der Waals surface area contributed by atoms with Gasteiger partial charge in [-0.05, 0) is 44.0 Å². The van der Waals surface area contributed by atoms with E-state index in [-0.39, 0.29) is 11.3 Å². The summed E-state index contributed by atoms with van der Waals surface area (Å²) in [6.45, 7) is 16.5. The van der Waals surface area contributed by atoms with E-state index in [1.54, 1.807) is 0 Å². The third kappa shape index (κ3) is 3.19. The highest BCUT2D eigenvalue weighted by molar-refractivity contribution is 5.61. The molecule has 2 aromatic rings. The van der Waals surface area contributed by atoms with Gasteiger partial charge in [0.2, 0.25) is 0 Å². The van der Waals surface area contributed by atoms with Crippen LogP contribution in [0.1, 0.15) is 31.9 Å². The van der Waals surface area contributed by atoms with E-state index in [0.717, 1.165) is 28.0 Å². The van der Waals surface area contributed by atoms with E-state index < -0.39 is 0 Å². The average molecular weight is 315 g/mol. The van der Waals surface area contributed by atoms with E-state index in [1.165, 1.54) is 5.56 Å². The van der Waals surface area contributed by atoms with Gasteiger partial charge >= 0.3 is 0 Å². The van der Waals surface area contributed by atoms with Crippen molar-refractivity contribution in [3.63, 3.8) is 0 Å². The van der Waals surface area contributed by atoms with E-state index in [4.69, 9.17) is 6.42 Å². The van der Waals surface area contributed by atoms with Gasteiger partial charge in [-0.2, -0.15) is 0 Å². The van der Waals surface area contributed by atoms with E-state index in [2.05, 4.69) is 68.2 Å². The minimum Gasteiger partial charge on any atom is -0.256 e. The predicted octanol–water partition coefficient (Wildman–Crippen LogP) is 5.72. The molecule has 0 amide bonds. The molecule has 0 fully saturated rings. The molecule has 2 atom stereocenters. The number of nitrogens with zero attached hydrogens (tertiary/aromatic N) is 1. The van der Waals surface area contributed by atoms with Gasteiger partial charge in [0.1, 0.15) is 0 Å². The minimum absolute atomic E-state index is 0.0852. The van der Waals surface area contributed by atoms with Crippen molar-refractivity contribution in [3.8, 4) is 23.6 Å². The van der Waals surface area contributed by atoms with Gasteiger partial charge in [0.25, 0.3) is 0 Å². The number of aromatic nitrogens is 1. The third-order valence-corrected chi connectivity index (χ3v) is 4.82. The first kappa shape index (κ1) is 17.8. The van der Waals surface area contributed by atoms with Crippen LogP contribution in [0.3, 0.4) is 0 Å². The molecule has 0 aliphatic carbocycles. The van der Waals surface area contributed by atoms with Crippen LogP contribution < -0.4 is 0 Å². The molecule has 1 heteroatoms. The summed E-state index contributed by atoms with van der Waals surface area (Å²) in [7, 11) is 0. The molecule has 1 nitrogen and oxygen atoms in total. The van der Waals surface area contributed by atoms with Gasteiger partial charge in [0, 0.05) is 17.2 Å². The first-order valence-corrected chi connectivity index (χ1v) is 8.11. The van der Waals surface area contributed by atoms with E-state index in [9.17, 15) is 0 Å². The molecular weight excluding hydrogens is 290 g/mol. The average Bonchev–Trinajstić information content (AvgIpc) is 2.55. The molecule has 2 rings (SSSR count). The molecule has 1 unspecified atom stereocenters. The van der Waals surface area contributed by atoms with Crippen LogP contribution in [0.5, 0.6) is 0 Å². The Morgan fingerprint density at radius 3 is 2.25 bits per heavy atom. The number of aryl methyl sites for hydroxylation is 1. The van der Waals surface area contributed by atoms with Crippen LogP contribution in [0, 0.1) is 25.2 Å². The van der Waals surface area contributed by atoms with Gasteiger partial charge in [-0.15, -0.1) is 6.42 Å². The minimum atomic E-state index is -0.334. The van der Waals surface area contributed by atoms with Crippen molar-refractivity contribution in [3.05, 3.63) is 78.0 Å². The van der Waals surface area contributed by atoms with Crippen LogP contribution in [0.2, 0.25) is 0 Å². The van der Waals surface area contributed by atoms with Gasteiger partial charge in [0.15, 0.2) is 0 Å². The van der Waals surface area contributed by atoms with Gasteiger partial charge in [-0.3, -0.25) is 4.98 Å². The Kier molecular flexibility index (Phi) is 5.10. The summed E-state index contributed by atoms with van der Waals surface area (Å²) < 4.78 is 0. The Labute approximate surface area is 146 Å². The lowest BCUT2D eigenvalue weighted by molar-refractivity contribution is 0.469. The quantitative estimate of drug-likeness (QED) is 0.508. The fourth-order valence-electron chi connectivity index (χ4n) is 3.14. The summed E-state index contributed by atoms with van der Waals surface area (Å²) in [5.41, 5.74) is 6.11. The SMILES string of the molecule is C#CC(C(=C)C)[C@](C)(C(=C)C)c1ccc(-c2cc(C)ccn2)cc1. The van der Waals surface area contributed by atoms with Crippen LogP contribution in [-0.2, 0) is 5.41 Å². The monoisotopic (exact) mass is 315 g/mol. The van der Waals surface area contributed by atoms with Crippen molar-refractivity contribution in [1.82, 2.24) is 4.98 Å². The molecule has 0 N–H and O–H groups in total. The van der Waals surface area contributed by atoms with E-state index in [0.29, 0.717) is 0 Å². The maximum atomic E-state index is 5.81. The topological polar surface area (TPSA) is 12.9 Å². The lowest BCUT2D eigenvalue weighted by atomic mass is 9.65. The molecule has 1 aromatic heterocycles. The Morgan fingerprint density at radius 2 is 1.79 bits per heavy atom. The highest BCUT2D eigenvalue weighted by Crippen LogP contribution is 2.41. The van der Waals surface area contributed by atoms with Gasteiger partial charge < -0.3 is 0 Å². The summed E-state index contributed by atoms with van der Waals surface area (Å²) in [6.07, 6.45) is 7.65. The van der Waals surface area contributed by atoms with E-state index >= 15 is 0 Å². The third-order valence-electron chi connectivity index (χ3n) is 4.82. The zero-order valence-corrected chi connectivity index (χ0v) is 15.1. The van der Waals surface area contributed by atoms with Gasteiger partial charge in [-0.1, -0.05) is 61.4 Å². The second kappa shape index (κ2) is 6.89. The standard InChI is InChI=1S/C23H25N/c1-8-21(16(2)3)23(7,17(4)5)20-11-9-19(10-12-20)22-15-18(6)13-14-24-22/h1,9-15,21H,2,4H2,3,5-7H3/t21?,23-/m1/s1. The highest BCUT2D eigenvalue weighted by Gasteiger charge is 2.36.